The Morgan fingerprint density at radius 2 is 2.19 bits per heavy atom. The zero-order chi connectivity index (χ0) is 18.6. The Labute approximate surface area is 159 Å². The van der Waals surface area contributed by atoms with Gasteiger partial charge in [-0.1, -0.05) is 13.3 Å². The van der Waals surface area contributed by atoms with Gasteiger partial charge in [-0.25, -0.2) is 4.98 Å². The van der Waals surface area contributed by atoms with Crippen molar-refractivity contribution in [2.24, 2.45) is 5.41 Å². The summed E-state index contributed by atoms with van der Waals surface area (Å²) in [7, 11) is 0. The fourth-order valence-electron chi connectivity index (χ4n) is 4.18. The number of aryl methyl sites for hydroxylation is 1. The third-order valence-electron chi connectivity index (χ3n) is 5.62. The van der Waals surface area contributed by atoms with Gasteiger partial charge in [0.25, 0.3) is 0 Å². The minimum Gasteiger partial charge on any atom is -0.342 e. The van der Waals surface area contributed by atoms with Crippen LogP contribution in [0.1, 0.15) is 57.7 Å². The van der Waals surface area contributed by atoms with Gasteiger partial charge in [0.2, 0.25) is 17.1 Å². The molecule has 1 atom stereocenters. The summed E-state index contributed by atoms with van der Waals surface area (Å²) in [5, 5.41) is 6.71. The number of unbranched alkanes of at least 4 members (excludes halogenated alkanes) is 1. The maximum Gasteiger partial charge on any atom is 0.242 e. The SMILES string of the molecule is CCCCN1C[C@]2(CCCN(C(=O)CCc3nc(Cl)n[nH]3)C2)CCC1=O. The summed E-state index contributed by atoms with van der Waals surface area (Å²) < 4.78 is 0. The van der Waals surface area contributed by atoms with Gasteiger partial charge in [0.15, 0.2) is 0 Å². The van der Waals surface area contributed by atoms with Crippen LogP contribution in [0.25, 0.3) is 0 Å². The van der Waals surface area contributed by atoms with Crippen molar-refractivity contribution in [3.05, 3.63) is 11.1 Å². The average Bonchev–Trinajstić information content (AvgIpc) is 3.06. The molecule has 8 heteroatoms. The smallest absolute Gasteiger partial charge is 0.242 e. The Morgan fingerprint density at radius 1 is 1.35 bits per heavy atom. The highest BCUT2D eigenvalue weighted by Gasteiger charge is 2.42. The van der Waals surface area contributed by atoms with E-state index in [0.29, 0.717) is 25.1 Å². The average molecular weight is 382 g/mol. The second-order valence-electron chi connectivity index (χ2n) is 7.64. The molecular weight excluding hydrogens is 354 g/mol. The summed E-state index contributed by atoms with van der Waals surface area (Å²) in [6.45, 7) is 5.36. The lowest BCUT2D eigenvalue weighted by molar-refractivity contribution is -0.143. The molecule has 2 aliphatic heterocycles. The Hall–Kier alpha value is -1.63. The summed E-state index contributed by atoms with van der Waals surface area (Å²) >= 11 is 5.70. The maximum absolute atomic E-state index is 12.7. The molecule has 0 unspecified atom stereocenters. The number of rotatable bonds is 6. The van der Waals surface area contributed by atoms with Gasteiger partial charge in [-0.15, -0.1) is 5.10 Å². The number of likely N-dealkylation sites (tertiary alicyclic amines) is 2. The number of nitrogens with zero attached hydrogens (tertiary/aromatic N) is 4. The van der Waals surface area contributed by atoms with Crippen LogP contribution in [0.4, 0.5) is 0 Å². The molecule has 0 aliphatic carbocycles. The molecule has 1 aromatic rings. The van der Waals surface area contributed by atoms with Crippen LogP contribution in [-0.2, 0) is 16.0 Å². The number of piperidine rings is 2. The predicted molar refractivity (Wildman–Crippen MR) is 98.7 cm³/mol. The number of carbonyl (C=O) groups is 2. The second-order valence-corrected chi connectivity index (χ2v) is 7.98. The highest BCUT2D eigenvalue weighted by Crippen LogP contribution is 2.39. The van der Waals surface area contributed by atoms with Crippen molar-refractivity contribution in [2.75, 3.05) is 26.2 Å². The minimum absolute atomic E-state index is 0.0745. The number of halogens is 1. The third-order valence-corrected chi connectivity index (χ3v) is 5.79. The Kier molecular flexibility index (Phi) is 6.16. The topological polar surface area (TPSA) is 82.2 Å². The van der Waals surface area contributed by atoms with Gasteiger partial charge >= 0.3 is 0 Å². The fraction of sp³-hybridized carbons (Fsp3) is 0.778. The number of nitrogens with one attached hydrogen (secondary N) is 1. The molecule has 2 aliphatic rings. The van der Waals surface area contributed by atoms with Crippen molar-refractivity contribution in [3.63, 3.8) is 0 Å². The fourth-order valence-corrected chi connectivity index (χ4v) is 4.32. The molecule has 0 radical (unpaired) electrons. The predicted octanol–water partition coefficient (Wildman–Crippen LogP) is 2.42. The van der Waals surface area contributed by atoms with Gasteiger partial charge in [-0.3, -0.25) is 14.7 Å². The Morgan fingerprint density at radius 3 is 2.92 bits per heavy atom. The molecule has 1 aromatic heterocycles. The molecule has 2 fully saturated rings. The standard InChI is InChI=1S/C18H28ClN5O2/c1-2-3-10-23-12-18(9-7-16(23)26)8-4-11-24(13-18)15(25)6-5-14-20-17(19)22-21-14/h2-13H2,1H3,(H,20,21,22)/t18-/m0/s1. The maximum atomic E-state index is 12.7. The van der Waals surface area contributed by atoms with Crippen molar-refractivity contribution in [1.29, 1.82) is 0 Å². The molecule has 3 heterocycles. The summed E-state index contributed by atoms with van der Waals surface area (Å²) in [4.78, 5) is 32.9. The number of hydrogen-bond donors (Lipinski definition) is 1. The van der Waals surface area contributed by atoms with Gasteiger partial charge in [-0.2, -0.15) is 0 Å². The van der Waals surface area contributed by atoms with E-state index in [1.165, 1.54) is 0 Å². The molecular formula is C18H28ClN5O2. The molecule has 1 N–H and O–H groups in total. The Balaban J connectivity index is 1.57. The van der Waals surface area contributed by atoms with Gasteiger partial charge in [0, 0.05) is 50.9 Å². The molecule has 1 spiro atoms. The molecule has 0 aromatic carbocycles. The number of aromatic amines is 1. The molecule has 0 saturated carbocycles. The third kappa shape index (κ3) is 4.55. The van der Waals surface area contributed by atoms with Crippen molar-refractivity contribution in [1.82, 2.24) is 25.0 Å². The van der Waals surface area contributed by atoms with Crippen LogP contribution < -0.4 is 0 Å². The number of H-pyrrole nitrogens is 1. The van der Waals surface area contributed by atoms with Crippen molar-refractivity contribution in [2.45, 2.75) is 58.3 Å². The lowest BCUT2D eigenvalue weighted by Gasteiger charge is -2.48. The second kappa shape index (κ2) is 8.37. The lowest BCUT2D eigenvalue weighted by Crippen LogP contribution is -2.55. The molecule has 0 bridgehead atoms. The van der Waals surface area contributed by atoms with Crippen LogP contribution in [-0.4, -0.2) is 63.0 Å². The first-order valence-electron chi connectivity index (χ1n) is 9.64. The van der Waals surface area contributed by atoms with E-state index < -0.39 is 0 Å². The zero-order valence-corrected chi connectivity index (χ0v) is 16.2. The lowest BCUT2D eigenvalue weighted by atomic mass is 9.73. The zero-order valence-electron chi connectivity index (χ0n) is 15.5. The van der Waals surface area contributed by atoms with E-state index in [-0.39, 0.29) is 22.5 Å². The first-order chi connectivity index (χ1) is 12.5. The van der Waals surface area contributed by atoms with Gasteiger partial charge in [0.05, 0.1) is 0 Å². The van der Waals surface area contributed by atoms with E-state index in [2.05, 4.69) is 22.1 Å². The molecule has 7 nitrogen and oxygen atoms in total. The van der Waals surface area contributed by atoms with Crippen molar-refractivity contribution in [3.8, 4) is 0 Å². The highest BCUT2D eigenvalue weighted by atomic mass is 35.5. The van der Waals surface area contributed by atoms with E-state index in [1.54, 1.807) is 0 Å². The summed E-state index contributed by atoms with van der Waals surface area (Å²) in [5.41, 5.74) is 0.0745. The summed E-state index contributed by atoms with van der Waals surface area (Å²) in [5.74, 6) is 1.06. The van der Waals surface area contributed by atoms with Crippen LogP contribution >= 0.6 is 11.6 Å². The number of amides is 2. The van der Waals surface area contributed by atoms with E-state index in [4.69, 9.17) is 11.6 Å². The van der Waals surface area contributed by atoms with Crippen LogP contribution in [0.5, 0.6) is 0 Å². The quantitative estimate of drug-likeness (QED) is 0.820. The first kappa shape index (κ1) is 19.1. The molecule has 2 amide bonds. The van der Waals surface area contributed by atoms with Crippen molar-refractivity contribution < 1.29 is 9.59 Å². The monoisotopic (exact) mass is 381 g/mol. The molecule has 144 valence electrons. The first-order valence-corrected chi connectivity index (χ1v) is 10.0. The van der Waals surface area contributed by atoms with Crippen LogP contribution in [0.15, 0.2) is 0 Å². The molecule has 3 rings (SSSR count). The molecule has 2 saturated heterocycles. The number of hydrogen-bond acceptors (Lipinski definition) is 4. The van der Waals surface area contributed by atoms with Gasteiger partial charge in [-0.05, 0) is 37.3 Å². The summed E-state index contributed by atoms with van der Waals surface area (Å²) in [6.07, 6.45) is 6.68. The minimum atomic E-state index is 0.0745. The van der Waals surface area contributed by atoms with Crippen molar-refractivity contribution >= 4 is 23.4 Å². The van der Waals surface area contributed by atoms with E-state index in [9.17, 15) is 9.59 Å². The summed E-state index contributed by atoms with van der Waals surface area (Å²) in [6, 6.07) is 0. The van der Waals surface area contributed by atoms with Gasteiger partial charge in [0.1, 0.15) is 5.82 Å². The van der Waals surface area contributed by atoms with Crippen LogP contribution in [0, 0.1) is 5.41 Å². The van der Waals surface area contributed by atoms with Gasteiger partial charge < -0.3 is 9.80 Å². The largest absolute Gasteiger partial charge is 0.342 e. The van der Waals surface area contributed by atoms with E-state index >= 15 is 0 Å². The number of carbonyl (C=O) groups excluding carboxylic acids is 2. The molecule has 26 heavy (non-hydrogen) atoms. The van der Waals surface area contributed by atoms with E-state index in [0.717, 1.165) is 58.3 Å². The number of aromatic nitrogens is 3. The van der Waals surface area contributed by atoms with Crippen LogP contribution in [0.2, 0.25) is 5.28 Å². The highest BCUT2D eigenvalue weighted by molar-refractivity contribution is 6.28. The van der Waals surface area contributed by atoms with E-state index in [1.807, 2.05) is 9.80 Å². The van der Waals surface area contributed by atoms with Crippen LogP contribution in [0.3, 0.4) is 0 Å². The Bertz CT molecular complexity index is 649. The normalized spacial score (nSPS) is 23.7.